The Kier molecular flexibility index (Phi) is 7.00. The zero-order valence-electron chi connectivity index (χ0n) is 18.3. The van der Waals surface area contributed by atoms with E-state index in [-0.39, 0.29) is 39.3 Å². The van der Waals surface area contributed by atoms with Crippen LogP contribution < -0.4 is 15.6 Å². The van der Waals surface area contributed by atoms with E-state index in [0.717, 1.165) is 28.2 Å². The average Bonchev–Trinajstić information content (AvgIpc) is 3.23. The number of aromatic nitrogens is 2. The van der Waals surface area contributed by atoms with Crippen molar-refractivity contribution in [2.75, 3.05) is 11.9 Å². The van der Waals surface area contributed by atoms with Crippen molar-refractivity contribution < 1.29 is 32.2 Å². The van der Waals surface area contributed by atoms with Crippen LogP contribution in [-0.4, -0.2) is 34.6 Å². The van der Waals surface area contributed by atoms with E-state index in [9.17, 15) is 27.6 Å². The predicted octanol–water partition coefficient (Wildman–Crippen LogP) is 5.43. The number of nitrogens with one attached hydrogen (secondary N) is 1. The van der Waals surface area contributed by atoms with Crippen LogP contribution in [0.15, 0.2) is 58.7 Å². The van der Waals surface area contributed by atoms with E-state index in [1.807, 2.05) is 0 Å². The molecule has 2 aromatic carbocycles. The molecule has 0 aliphatic carbocycles. The topological polar surface area (TPSA) is 99.5 Å². The van der Waals surface area contributed by atoms with Gasteiger partial charge in [-0.05, 0) is 49.4 Å². The fraction of sp³-hybridized carbons (Fsp3) is 0.130. The second kappa shape index (κ2) is 9.99. The van der Waals surface area contributed by atoms with Gasteiger partial charge in [0.15, 0.2) is 5.69 Å². The summed E-state index contributed by atoms with van der Waals surface area (Å²) in [5, 5.41) is 8.83. The van der Waals surface area contributed by atoms with Crippen LogP contribution in [0.4, 0.5) is 18.2 Å². The summed E-state index contributed by atoms with van der Waals surface area (Å²) in [6, 6.07) is 10.5. The highest BCUT2D eigenvalue weighted by Crippen LogP contribution is 2.31. The van der Waals surface area contributed by atoms with Crippen molar-refractivity contribution >= 4 is 50.6 Å². The van der Waals surface area contributed by atoms with Gasteiger partial charge in [-0.2, -0.15) is 9.78 Å². The van der Waals surface area contributed by atoms with Gasteiger partial charge in [0.25, 0.3) is 11.5 Å². The number of alkyl halides is 3. The molecule has 0 spiro atoms. The minimum absolute atomic E-state index is 0.0240. The van der Waals surface area contributed by atoms with E-state index in [2.05, 4.69) is 15.2 Å². The van der Waals surface area contributed by atoms with Crippen molar-refractivity contribution in [1.82, 2.24) is 9.78 Å². The fourth-order valence-electron chi connectivity index (χ4n) is 3.26. The van der Waals surface area contributed by atoms with E-state index in [0.29, 0.717) is 5.02 Å². The molecule has 0 fully saturated rings. The molecule has 0 bridgehead atoms. The molecule has 13 heteroatoms. The summed E-state index contributed by atoms with van der Waals surface area (Å²) in [7, 11) is 0. The van der Waals surface area contributed by atoms with Gasteiger partial charge in [-0.1, -0.05) is 17.7 Å². The molecule has 4 aromatic rings. The Hall–Kier alpha value is -3.90. The number of esters is 1. The van der Waals surface area contributed by atoms with Crippen LogP contribution in [0.25, 0.3) is 16.5 Å². The lowest BCUT2D eigenvalue weighted by Gasteiger charge is -2.12. The molecule has 2 aromatic heterocycles. The number of anilines is 1. The van der Waals surface area contributed by atoms with Crippen LogP contribution >= 0.6 is 22.9 Å². The normalized spacial score (nSPS) is 11.4. The SMILES string of the molecule is CCOC(=O)c1nn(-c2ccc(OC(F)(F)F)cc2)c(=O)c2c(NC(=O)c3cccc(Cl)c3)scc12. The Morgan fingerprint density at radius 2 is 1.89 bits per heavy atom. The van der Waals surface area contributed by atoms with Crippen LogP contribution in [0.1, 0.15) is 27.8 Å². The lowest BCUT2D eigenvalue weighted by atomic mass is 10.2. The maximum atomic E-state index is 13.4. The number of nitrogens with zero attached hydrogens (tertiary/aromatic N) is 2. The molecule has 36 heavy (non-hydrogen) atoms. The summed E-state index contributed by atoms with van der Waals surface area (Å²) < 4.78 is 47.2. The number of benzene rings is 2. The highest BCUT2D eigenvalue weighted by atomic mass is 35.5. The van der Waals surface area contributed by atoms with E-state index < -0.39 is 29.5 Å². The number of halogens is 4. The number of rotatable bonds is 6. The van der Waals surface area contributed by atoms with E-state index in [1.165, 1.54) is 29.6 Å². The van der Waals surface area contributed by atoms with Crippen molar-refractivity contribution in [3.63, 3.8) is 0 Å². The molecule has 4 rings (SSSR count). The Balaban J connectivity index is 1.82. The summed E-state index contributed by atoms with van der Waals surface area (Å²) in [5.41, 5.74) is -0.628. The number of thiophene rings is 1. The van der Waals surface area contributed by atoms with E-state index >= 15 is 0 Å². The smallest absolute Gasteiger partial charge is 0.461 e. The second-order valence-electron chi connectivity index (χ2n) is 7.15. The Morgan fingerprint density at radius 3 is 2.53 bits per heavy atom. The van der Waals surface area contributed by atoms with E-state index in [1.54, 1.807) is 19.1 Å². The molecule has 1 N–H and O–H groups in total. The van der Waals surface area contributed by atoms with Crippen molar-refractivity contribution in [3.05, 3.63) is 80.5 Å². The van der Waals surface area contributed by atoms with Crippen molar-refractivity contribution in [2.45, 2.75) is 13.3 Å². The molecule has 2 heterocycles. The molecule has 0 saturated carbocycles. The van der Waals surface area contributed by atoms with Gasteiger partial charge >= 0.3 is 12.3 Å². The summed E-state index contributed by atoms with van der Waals surface area (Å²) in [5.74, 6) is -1.87. The number of hydrogen-bond acceptors (Lipinski definition) is 7. The Labute approximate surface area is 209 Å². The first-order chi connectivity index (χ1) is 17.1. The predicted molar refractivity (Wildman–Crippen MR) is 127 cm³/mol. The van der Waals surface area contributed by atoms with Gasteiger partial charge in [-0.3, -0.25) is 9.59 Å². The third kappa shape index (κ3) is 5.34. The summed E-state index contributed by atoms with van der Waals surface area (Å²) in [6.45, 7) is 1.63. The molecule has 0 aliphatic heterocycles. The Bertz CT molecular complexity index is 1520. The van der Waals surface area contributed by atoms with Crippen molar-refractivity contribution in [2.24, 2.45) is 0 Å². The van der Waals surface area contributed by atoms with Gasteiger partial charge in [0.05, 0.1) is 17.7 Å². The maximum absolute atomic E-state index is 13.4. The first kappa shape index (κ1) is 25.2. The number of carbonyl (C=O) groups is 2. The molecule has 0 unspecified atom stereocenters. The van der Waals surface area contributed by atoms with Gasteiger partial charge in [0.1, 0.15) is 10.8 Å². The number of carbonyl (C=O) groups excluding carboxylic acids is 2. The molecule has 0 saturated heterocycles. The minimum atomic E-state index is -4.89. The molecular weight excluding hydrogens is 523 g/mol. The lowest BCUT2D eigenvalue weighted by Crippen LogP contribution is -2.25. The Morgan fingerprint density at radius 1 is 1.17 bits per heavy atom. The third-order valence-electron chi connectivity index (χ3n) is 4.75. The van der Waals surface area contributed by atoms with Crippen molar-refractivity contribution in [1.29, 1.82) is 0 Å². The summed E-state index contributed by atoms with van der Waals surface area (Å²) >= 11 is 6.95. The van der Waals surface area contributed by atoms with Gasteiger partial charge in [-0.25, -0.2) is 4.79 Å². The first-order valence-electron chi connectivity index (χ1n) is 10.2. The zero-order valence-corrected chi connectivity index (χ0v) is 19.8. The summed E-state index contributed by atoms with van der Waals surface area (Å²) in [6.07, 6.45) is -4.89. The van der Waals surface area contributed by atoms with Crippen LogP contribution in [0.2, 0.25) is 5.02 Å². The maximum Gasteiger partial charge on any atom is 0.573 e. The zero-order chi connectivity index (χ0) is 26.0. The average molecular weight is 538 g/mol. The number of fused-ring (bicyclic) bond motifs is 1. The third-order valence-corrected chi connectivity index (χ3v) is 5.88. The summed E-state index contributed by atoms with van der Waals surface area (Å²) in [4.78, 5) is 38.8. The molecule has 1 amide bonds. The van der Waals surface area contributed by atoms with Gasteiger partial charge in [0.2, 0.25) is 0 Å². The standard InChI is InChI=1S/C23H15ClF3N3O5S/c1-2-34-22(33)18-16-11-36-20(28-19(31)12-4-3-5-13(24)10-12)17(16)21(32)30(29-18)14-6-8-15(9-7-14)35-23(25,26)27/h3-11H,2H2,1H3,(H,28,31). The molecular formula is C23H15ClF3N3O5S. The molecule has 0 aliphatic rings. The number of hydrogen-bond donors (Lipinski definition) is 1. The molecule has 0 radical (unpaired) electrons. The monoisotopic (exact) mass is 537 g/mol. The van der Waals surface area contributed by atoms with Crippen molar-refractivity contribution in [3.8, 4) is 11.4 Å². The number of ether oxygens (including phenoxy) is 2. The van der Waals surface area contributed by atoms with E-state index in [4.69, 9.17) is 16.3 Å². The largest absolute Gasteiger partial charge is 0.573 e. The van der Waals surface area contributed by atoms with Crippen LogP contribution in [0.3, 0.4) is 0 Å². The van der Waals surface area contributed by atoms with Gasteiger partial charge < -0.3 is 14.8 Å². The van der Waals surface area contributed by atoms with Crippen LogP contribution in [0.5, 0.6) is 5.75 Å². The van der Waals surface area contributed by atoms with Crippen LogP contribution in [-0.2, 0) is 4.74 Å². The quantitative estimate of drug-likeness (QED) is 0.329. The van der Waals surface area contributed by atoms with Crippen LogP contribution in [0, 0.1) is 0 Å². The minimum Gasteiger partial charge on any atom is -0.461 e. The first-order valence-corrected chi connectivity index (χ1v) is 11.5. The highest BCUT2D eigenvalue weighted by Gasteiger charge is 2.31. The lowest BCUT2D eigenvalue weighted by molar-refractivity contribution is -0.274. The molecule has 8 nitrogen and oxygen atoms in total. The molecule has 186 valence electrons. The van der Waals surface area contributed by atoms with Gasteiger partial charge in [-0.15, -0.1) is 24.5 Å². The highest BCUT2D eigenvalue weighted by molar-refractivity contribution is 7.16. The molecule has 0 atom stereocenters. The second-order valence-corrected chi connectivity index (χ2v) is 8.46. The van der Waals surface area contributed by atoms with Gasteiger partial charge in [0, 0.05) is 21.4 Å². The fourth-order valence-corrected chi connectivity index (χ4v) is 4.38. The number of amides is 1.